The molecule has 4 rings (SSSR count). The molecule has 3 heterocycles. The molecule has 0 aliphatic carbocycles. The Morgan fingerprint density at radius 1 is 1.15 bits per heavy atom. The molecule has 0 amide bonds. The van der Waals surface area contributed by atoms with Gasteiger partial charge in [-0.1, -0.05) is 35.9 Å². The average Bonchev–Trinajstić information content (AvgIpc) is 2.66. The van der Waals surface area contributed by atoms with Gasteiger partial charge in [-0.25, -0.2) is 4.98 Å². The summed E-state index contributed by atoms with van der Waals surface area (Å²) in [5.41, 5.74) is 1.31. The number of hydrogen-bond acceptors (Lipinski definition) is 4. The highest BCUT2D eigenvalue weighted by molar-refractivity contribution is 6.31. The maximum Gasteiger partial charge on any atom is 0.270 e. The molecule has 0 atom stereocenters. The fourth-order valence-corrected chi connectivity index (χ4v) is 3.25. The van der Waals surface area contributed by atoms with E-state index in [4.69, 9.17) is 11.6 Å². The summed E-state index contributed by atoms with van der Waals surface area (Å²) in [6, 6.07) is 13.9. The van der Waals surface area contributed by atoms with Crippen LogP contribution < -0.4 is 11.1 Å². The Balaban J connectivity index is 2.12. The zero-order valence-electron chi connectivity index (χ0n) is 14.3. The topological polar surface area (TPSA) is 80.2 Å². The van der Waals surface area contributed by atoms with E-state index in [0.717, 1.165) is 5.56 Å². The number of aromatic nitrogens is 3. The van der Waals surface area contributed by atoms with Gasteiger partial charge < -0.3 is 0 Å². The van der Waals surface area contributed by atoms with E-state index in [2.05, 4.69) is 4.98 Å². The van der Waals surface area contributed by atoms with E-state index < -0.39 is 5.56 Å². The number of pyridine rings is 2. The number of rotatable bonds is 2. The van der Waals surface area contributed by atoms with Gasteiger partial charge in [0.25, 0.3) is 11.1 Å². The molecule has 0 aliphatic heterocycles. The van der Waals surface area contributed by atoms with Crippen molar-refractivity contribution in [2.24, 2.45) is 0 Å². The largest absolute Gasteiger partial charge is 0.287 e. The first-order valence-corrected chi connectivity index (χ1v) is 8.57. The van der Waals surface area contributed by atoms with E-state index >= 15 is 0 Å². The monoisotopic (exact) mass is 376 g/mol. The van der Waals surface area contributed by atoms with Gasteiger partial charge in [-0.15, -0.1) is 0 Å². The molecule has 1 aromatic carbocycles. The zero-order chi connectivity index (χ0) is 19.1. The Morgan fingerprint density at radius 3 is 2.67 bits per heavy atom. The highest BCUT2D eigenvalue weighted by Gasteiger charge is 2.16. The molecule has 0 saturated heterocycles. The van der Waals surface area contributed by atoms with Crippen LogP contribution in [0.4, 0.5) is 0 Å². The number of nitriles is 1. The van der Waals surface area contributed by atoms with Gasteiger partial charge in [-0.05, 0) is 36.2 Å². The normalized spacial score (nSPS) is 11.0. The van der Waals surface area contributed by atoms with Crippen molar-refractivity contribution < 1.29 is 0 Å². The summed E-state index contributed by atoms with van der Waals surface area (Å²) in [6.45, 7) is 1.98. The molecule has 0 spiro atoms. The maximum absolute atomic E-state index is 13.0. The van der Waals surface area contributed by atoms with Crippen molar-refractivity contribution in [3.8, 4) is 6.07 Å². The van der Waals surface area contributed by atoms with Crippen molar-refractivity contribution in [2.45, 2.75) is 13.5 Å². The lowest BCUT2D eigenvalue weighted by atomic mass is 10.2. The lowest BCUT2D eigenvalue weighted by Crippen LogP contribution is -2.28. The quantitative estimate of drug-likeness (QED) is 0.504. The summed E-state index contributed by atoms with van der Waals surface area (Å²) < 4.78 is 2.75. The van der Waals surface area contributed by atoms with Crippen LogP contribution >= 0.6 is 11.6 Å². The third-order valence-corrected chi connectivity index (χ3v) is 4.78. The first-order valence-electron chi connectivity index (χ1n) is 8.19. The first kappa shape index (κ1) is 17.0. The molecule has 7 heteroatoms. The summed E-state index contributed by atoms with van der Waals surface area (Å²) in [4.78, 5) is 30.3. The van der Waals surface area contributed by atoms with Crippen LogP contribution in [0.25, 0.3) is 16.7 Å². The van der Waals surface area contributed by atoms with Crippen molar-refractivity contribution in [3.05, 3.63) is 91.1 Å². The van der Waals surface area contributed by atoms with E-state index in [1.165, 1.54) is 15.0 Å². The number of benzene rings is 1. The maximum atomic E-state index is 13.0. The van der Waals surface area contributed by atoms with Crippen molar-refractivity contribution >= 4 is 28.3 Å². The molecule has 132 valence electrons. The first-order chi connectivity index (χ1) is 13.0. The van der Waals surface area contributed by atoms with Gasteiger partial charge in [-0.3, -0.25) is 18.6 Å². The minimum absolute atomic E-state index is 0.110. The second-order valence-corrected chi connectivity index (χ2v) is 6.65. The summed E-state index contributed by atoms with van der Waals surface area (Å²) >= 11 is 6.23. The fourth-order valence-electron chi connectivity index (χ4n) is 3.05. The van der Waals surface area contributed by atoms with Gasteiger partial charge in [0.2, 0.25) is 0 Å². The summed E-state index contributed by atoms with van der Waals surface area (Å²) in [7, 11) is 0. The van der Waals surface area contributed by atoms with Gasteiger partial charge in [0, 0.05) is 11.2 Å². The van der Waals surface area contributed by atoms with E-state index in [9.17, 15) is 14.9 Å². The van der Waals surface area contributed by atoms with Crippen LogP contribution in [0.2, 0.25) is 5.02 Å². The van der Waals surface area contributed by atoms with Gasteiger partial charge in [-0.2, -0.15) is 5.26 Å². The minimum Gasteiger partial charge on any atom is -0.287 e. The highest BCUT2D eigenvalue weighted by Crippen LogP contribution is 2.18. The van der Waals surface area contributed by atoms with Crippen LogP contribution in [0.15, 0.2) is 58.3 Å². The Hall–Kier alpha value is -3.43. The van der Waals surface area contributed by atoms with Gasteiger partial charge in [0.05, 0.1) is 11.9 Å². The Bertz CT molecular complexity index is 1380. The van der Waals surface area contributed by atoms with Gasteiger partial charge >= 0.3 is 0 Å². The van der Waals surface area contributed by atoms with Crippen LogP contribution in [0.5, 0.6) is 0 Å². The van der Waals surface area contributed by atoms with Gasteiger partial charge in [0.1, 0.15) is 17.3 Å². The Labute approximate surface area is 158 Å². The van der Waals surface area contributed by atoms with Crippen LogP contribution in [0, 0.1) is 18.3 Å². The van der Waals surface area contributed by atoms with Crippen molar-refractivity contribution in [2.75, 3.05) is 0 Å². The second kappa shape index (κ2) is 6.38. The number of fused-ring (bicyclic) bond motifs is 2. The smallest absolute Gasteiger partial charge is 0.270 e. The molecule has 3 aromatic heterocycles. The number of halogens is 1. The van der Waals surface area contributed by atoms with E-state index in [-0.39, 0.29) is 28.7 Å². The van der Waals surface area contributed by atoms with Crippen molar-refractivity contribution in [1.29, 1.82) is 5.26 Å². The third kappa shape index (κ3) is 2.78. The summed E-state index contributed by atoms with van der Waals surface area (Å²) in [5, 5.41) is 10.1. The molecule has 4 aromatic rings. The lowest BCUT2D eigenvalue weighted by molar-refractivity contribution is 0.778. The molecule has 0 aliphatic rings. The third-order valence-electron chi connectivity index (χ3n) is 4.41. The van der Waals surface area contributed by atoms with Crippen LogP contribution in [0.1, 0.15) is 16.7 Å². The molecule has 0 radical (unpaired) electrons. The molecule has 6 nitrogen and oxygen atoms in total. The molecule has 27 heavy (non-hydrogen) atoms. The van der Waals surface area contributed by atoms with Crippen LogP contribution in [-0.2, 0) is 6.54 Å². The van der Waals surface area contributed by atoms with Crippen LogP contribution in [0.3, 0.4) is 0 Å². The molecule has 0 unspecified atom stereocenters. The molecular weight excluding hydrogens is 364 g/mol. The standard InChI is InChI=1S/C20H13ClN4O2/c1-12-6-7-17-23-18-15(20(27)24(17)10-12)8-14(9-22)19(26)25(18)11-13-4-2-3-5-16(13)21/h2-8,10H,11H2,1H3. The highest BCUT2D eigenvalue weighted by atomic mass is 35.5. The summed E-state index contributed by atoms with van der Waals surface area (Å²) in [6.07, 6.45) is 1.68. The predicted octanol–water partition coefficient (Wildman–Crippen LogP) is 2.89. The Kier molecular flexibility index (Phi) is 4.02. The predicted molar refractivity (Wildman–Crippen MR) is 103 cm³/mol. The lowest BCUT2D eigenvalue weighted by Gasteiger charge is -2.12. The molecule has 0 N–H and O–H groups in total. The number of nitrogens with zero attached hydrogens (tertiary/aromatic N) is 4. The number of aryl methyl sites for hydroxylation is 1. The molecular formula is C20H13ClN4O2. The molecule has 0 fully saturated rings. The van der Waals surface area contributed by atoms with E-state index in [1.54, 1.807) is 30.5 Å². The van der Waals surface area contributed by atoms with E-state index in [1.807, 2.05) is 25.1 Å². The minimum atomic E-state index is -0.506. The molecule has 0 saturated carbocycles. The zero-order valence-corrected chi connectivity index (χ0v) is 15.1. The summed E-state index contributed by atoms with van der Waals surface area (Å²) in [5.74, 6) is 0. The Morgan fingerprint density at radius 2 is 1.93 bits per heavy atom. The number of hydrogen-bond donors (Lipinski definition) is 0. The van der Waals surface area contributed by atoms with E-state index in [0.29, 0.717) is 16.2 Å². The fraction of sp³-hybridized carbons (Fsp3) is 0.100. The second-order valence-electron chi connectivity index (χ2n) is 6.24. The van der Waals surface area contributed by atoms with Crippen molar-refractivity contribution in [1.82, 2.24) is 14.0 Å². The van der Waals surface area contributed by atoms with Gasteiger partial charge in [0.15, 0.2) is 5.65 Å². The molecule has 0 bridgehead atoms. The average molecular weight is 377 g/mol. The van der Waals surface area contributed by atoms with Crippen molar-refractivity contribution in [3.63, 3.8) is 0 Å². The van der Waals surface area contributed by atoms with Crippen LogP contribution in [-0.4, -0.2) is 14.0 Å². The SMILES string of the molecule is Cc1ccc2nc3c(cc(C#N)c(=O)n3Cc3ccccc3Cl)c(=O)n2c1.